The van der Waals surface area contributed by atoms with Crippen molar-refractivity contribution in [1.82, 2.24) is 9.78 Å². The third-order valence-corrected chi connectivity index (χ3v) is 3.81. The van der Waals surface area contributed by atoms with Gasteiger partial charge in [0.1, 0.15) is 0 Å². The highest BCUT2D eigenvalue weighted by Gasteiger charge is 2.21. The van der Waals surface area contributed by atoms with Gasteiger partial charge in [0, 0.05) is 18.2 Å². The lowest BCUT2D eigenvalue weighted by Gasteiger charge is -2.04. The van der Waals surface area contributed by atoms with Crippen LogP contribution in [0.5, 0.6) is 0 Å². The van der Waals surface area contributed by atoms with E-state index in [4.69, 9.17) is 5.11 Å². The summed E-state index contributed by atoms with van der Waals surface area (Å²) in [4.78, 5) is 11.1. The van der Waals surface area contributed by atoms with Gasteiger partial charge in [0.25, 0.3) is 0 Å². The van der Waals surface area contributed by atoms with Gasteiger partial charge >= 0.3 is 5.97 Å². The van der Waals surface area contributed by atoms with Crippen LogP contribution >= 0.6 is 0 Å². The highest BCUT2D eigenvalue weighted by atomic mass is 16.4. The molecule has 1 heterocycles. The van der Waals surface area contributed by atoms with E-state index in [1.807, 2.05) is 24.4 Å². The molecule has 102 valence electrons. The van der Waals surface area contributed by atoms with Gasteiger partial charge in [0.05, 0.1) is 16.9 Å². The van der Waals surface area contributed by atoms with E-state index in [0.717, 1.165) is 23.4 Å². The third-order valence-electron chi connectivity index (χ3n) is 3.81. The minimum absolute atomic E-state index is 0.267. The summed E-state index contributed by atoms with van der Waals surface area (Å²) in [5, 5.41) is 13.7. The van der Waals surface area contributed by atoms with Crippen LogP contribution in [0.3, 0.4) is 0 Å². The van der Waals surface area contributed by atoms with E-state index < -0.39 is 5.97 Å². The van der Waals surface area contributed by atoms with E-state index in [9.17, 15) is 4.79 Å². The summed E-state index contributed by atoms with van der Waals surface area (Å²) in [6.45, 7) is 0. The number of aromatic carboxylic acids is 1. The second kappa shape index (κ2) is 4.31. The minimum Gasteiger partial charge on any atom is -0.478 e. The van der Waals surface area contributed by atoms with Crippen molar-refractivity contribution in [3.05, 3.63) is 71.5 Å². The molecule has 0 saturated carbocycles. The molecule has 4 heteroatoms. The van der Waals surface area contributed by atoms with E-state index in [-0.39, 0.29) is 5.56 Å². The fourth-order valence-corrected chi connectivity index (χ4v) is 2.80. The van der Waals surface area contributed by atoms with Crippen molar-refractivity contribution >= 4 is 5.97 Å². The Morgan fingerprint density at radius 2 is 1.95 bits per heavy atom. The molecule has 0 amide bonds. The maximum absolute atomic E-state index is 11.1. The van der Waals surface area contributed by atoms with Gasteiger partial charge < -0.3 is 5.11 Å². The van der Waals surface area contributed by atoms with Gasteiger partial charge in [-0.2, -0.15) is 5.10 Å². The molecule has 1 aliphatic carbocycles. The highest BCUT2D eigenvalue weighted by Crippen LogP contribution is 2.36. The van der Waals surface area contributed by atoms with Crippen LogP contribution in [0.2, 0.25) is 0 Å². The Kier molecular flexibility index (Phi) is 2.44. The molecule has 1 N–H and O–H groups in total. The molecule has 0 radical (unpaired) electrons. The maximum Gasteiger partial charge on any atom is 0.335 e. The second-order valence-electron chi connectivity index (χ2n) is 5.12. The topological polar surface area (TPSA) is 55.1 Å². The Bertz CT molecular complexity index is 865. The van der Waals surface area contributed by atoms with Gasteiger partial charge in [-0.25, -0.2) is 9.48 Å². The molecule has 21 heavy (non-hydrogen) atoms. The Morgan fingerprint density at radius 1 is 1.10 bits per heavy atom. The number of carboxylic acids is 1. The number of nitrogens with zero attached hydrogens (tertiary/aromatic N) is 2. The molecule has 4 rings (SSSR count). The number of aromatic nitrogens is 2. The van der Waals surface area contributed by atoms with Gasteiger partial charge in [-0.1, -0.05) is 30.3 Å². The molecule has 0 aliphatic heterocycles. The largest absolute Gasteiger partial charge is 0.478 e. The van der Waals surface area contributed by atoms with Gasteiger partial charge in [-0.05, 0) is 29.3 Å². The van der Waals surface area contributed by atoms with Crippen LogP contribution in [0.1, 0.15) is 21.6 Å². The lowest BCUT2D eigenvalue weighted by molar-refractivity contribution is 0.0697. The number of benzene rings is 2. The molecule has 0 bridgehead atoms. The van der Waals surface area contributed by atoms with Crippen LogP contribution in [-0.2, 0) is 6.42 Å². The van der Waals surface area contributed by atoms with Crippen molar-refractivity contribution < 1.29 is 9.90 Å². The Hall–Kier alpha value is -2.88. The van der Waals surface area contributed by atoms with Gasteiger partial charge in [-0.3, -0.25) is 0 Å². The summed E-state index contributed by atoms with van der Waals surface area (Å²) >= 11 is 0. The number of fused-ring (bicyclic) bond motifs is 3. The smallest absolute Gasteiger partial charge is 0.335 e. The number of carbonyl (C=O) groups is 1. The molecule has 3 aromatic rings. The molecule has 0 atom stereocenters. The summed E-state index contributed by atoms with van der Waals surface area (Å²) < 4.78 is 1.76. The molecule has 2 aromatic carbocycles. The fourth-order valence-electron chi connectivity index (χ4n) is 2.80. The third kappa shape index (κ3) is 1.84. The van der Waals surface area contributed by atoms with Gasteiger partial charge in [0.2, 0.25) is 0 Å². The molecule has 0 spiro atoms. The van der Waals surface area contributed by atoms with Gasteiger partial charge in [-0.15, -0.1) is 0 Å². The Balaban J connectivity index is 1.80. The summed E-state index contributed by atoms with van der Waals surface area (Å²) in [5.74, 6) is -0.929. The minimum atomic E-state index is -0.929. The average Bonchev–Trinajstić information content (AvgIpc) is 3.05. The predicted molar refractivity (Wildman–Crippen MR) is 78.8 cm³/mol. The standard InChI is InChI=1S/C17H12N2O2/c20-17(21)12-5-3-6-13(8-12)19-10-15-14-7-2-1-4-11(14)9-16(15)18-19/h1-8,10H,9H2,(H,20,21). The molecule has 0 saturated heterocycles. The summed E-state index contributed by atoms with van der Waals surface area (Å²) in [7, 11) is 0. The Labute approximate surface area is 121 Å². The first-order chi connectivity index (χ1) is 10.2. The zero-order valence-corrected chi connectivity index (χ0v) is 11.2. The van der Waals surface area contributed by atoms with E-state index in [2.05, 4.69) is 17.2 Å². The van der Waals surface area contributed by atoms with Crippen LogP contribution in [0.25, 0.3) is 16.8 Å². The lowest BCUT2D eigenvalue weighted by atomic mass is 10.1. The van der Waals surface area contributed by atoms with E-state index in [1.165, 1.54) is 11.1 Å². The summed E-state index contributed by atoms with van der Waals surface area (Å²) in [6.07, 6.45) is 2.80. The van der Waals surface area contributed by atoms with Crippen molar-refractivity contribution in [1.29, 1.82) is 0 Å². The first-order valence-corrected chi connectivity index (χ1v) is 6.73. The molecule has 0 fully saturated rings. The number of rotatable bonds is 2. The summed E-state index contributed by atoms with van der Waals surface area (Å²) in [6, 6.07) is 15.1. The first kappa shape index (κ1) is 11.9. The highest BCUT2D eigenvalue weighted by molar-refractivity contribution is 5.88. The van der Waals surface area contributed by atoms with E-state index >= 15 is 0 Å². The molecule has 1 aliphatic rings. The zero-order valence-electron chi connectivity index (χ0n) is 11.2. The van der Waals surface area contributed by atoms with Crippen LogP contribution in [0.4, 0.5) is 0 Å². The van der Waals surface area contributed by atoms with Crippen molar-refractivity contribution in [3.8, 4) is 16.8 Å². The average molecular weight is 276 g/mol. The number of carboxylic acid groups (broad SMARTS) is 1. The van der Waals surface area contributed by atoms with Crippen molar-refractivity contribution in [2.45, 2.75) is 6.42 Å². The monoisotopic (exact) mass is 276 g/mol. The predicted octanol–water partition coefficient (Wildman–Crippen LogP) is 3.14. The zero-order chi connectivity index (χ0) is 14.4. The van der Waals surface area contributed by atoms with Crippen LogP contribution in [0.15, 0.2) is 54.7 Å². The molecule has 0 unspecified atom stereocenters. The second-order valence-corrected chi connectivity index (χ2v) is 5.12. The van der Waals surface area contributed by atoms with Crippen LogP contribution in [-0.4, -0.2) is 20.9 Å². The molecule has 4 nitrogen and oxygen atoms in total. The number of hydrogen-bond acceptors (Lipinski definition) is 2. The molecular formula is C17H12N2O2. The number of hydrogen-bond donors (Lipinski definition) is 1. The fraction of sp³-hybridized carbons (Fsp3) is 0.0588. The summed E-state index contributed by atoms with van der Waals surface area (Å²) in [5.41, 5.74) is 5.71. The van der Waals surface area contributed by atoms with Crippen molar-refractivity contribution in [2.24, 2.45) is 0 Å². The normalized spacial score (nSPS) is 12.0. The lowest BCUT2D eigenvalue weighted by Crippen LogP contribution is -2.01. The van der Waals surface area contributed by atoms with Crippen molar-refractivity contribution in [2.75, 3.05) is 0 Å². The molecular weight excluding hydrogens is 264 g/mol. The van der Waals surface area contributed by atoms with Gasteiger partial charge in [0.15, 0.2) is 0 Å². The molecule has 1 aromatic heterocycles. The quantitative estimate of drug-likeness (QED) is 0.612. The van der Waals surface area contributed by atoms with E-state index in [0.29, 0.717) is 0 Å². The van der Waals surface area contributed by atoms with Crippen molar-refractivity contribution in [3.63, 3.8) is 0 Å². The Morgan fingerprint density at radius 3 is 2.81 bits per heavy atom. The first-order valence-electron chi connectivity index (χ1n) is 6.73. The SMILES string of the molecule is O=C(O)c1cccc(-n2cc3c(n2)Cc2ccccc2-3)c1. The van der Waals surface area contributed by atoms with E-state index in [1.54, 1.807) is 22.9 Å². The van der Waals surface area contributed by atoms with Crippen LogP contribution < -0.4 is 0 Å². The maximum atomic E-state index is 11.1. The van der Waals surface area contributed by atoms with Crippen LogP contribution in [0, 0.1) is 0 Å².